The number of rotatable bonds is 2. The van der Waals surface area contributed by atoms with E-state index in [0.717, 1.165) is 5.56 Å². The number of nitrogens with one attached hydrogen (secondary N) is 1. The third-order valence-electron chi connectivity index (χ3n) is 5.30. The molecule has 1 heterocycles. The number of carbonyl (C=O) groups is 1. The maximum atomic E-state index is 13.3. The number of benzene rings is 3. The number of fused-ring (bicyclic) bond motifs is 3. The van der Waals surface area contributed by atoms with Crippen LogP contribution in [0.15, 0.2) is 72.8 Å². The van der Waals surface area contributed by atoms with Crippen LogP contribution in [0.25, 0.3) is 11.1 Å². The van der Waals surface area contributed by atoms with Crippen molar-refractivity contribution in [3.8, 4) is 11.1 Å². The van der Waals surface area contributed by atoms with Gasteiger partial charge in [-0.1, -0.05) is 60.7 Å². The molecule has 5 rings (SSSR count). The molecule has 26 heavy (non-hydrogen) atoms. The molecule has 0 unspecified atom stereocenters. The minimum absolute atomic E-state index is 0.0128. The number of hydrogen-bond donors (Lipinski definition) is 1. The van der Waals surface area contributed by atoms with Gasteiger partial charge in [0, 0.05) is 6.42 Å². The summed E-state index contributed by atoms with van der Waals surface area (Å²) in [4.78, 5) is 12.3. The zero-order valence-corrected chi connectivity index (χ0v) is 14.0. The first kappa shape index (κ1) is 15.3. The fourth-order valence-electron chi connectivity index (χ4n) is 4.18. The van der Waals surface area contributed by atoms with E-state index < -0.39 is 0 Å². The molecule has 0 radical (unpaired) electrons. The minimum Gasteiger partial charge on any atom is -0.287 e. The molecule has 3 nitrogen and oxygen atoms in total. The lowest BCUT2D eigenvalue weighted by Gasteiger charge is -2.31. The van der Waals surface area contributed by atoms with Gasteiger partial charge in [-0.15, -0.1) is 0 Å². The molecule has 3 aromatic carbocycles. The highest BCUT2D eigenvalue weighted by Crippen LogP contribution is 2.49. The van der Waals surface area contributed by atoms with Crippen LogP contribution >= 0.6 is 0 Å². The summed E-state index contributed by atoms with van der Waals surface area (Å²) >= 11 is 0. The highest BCUT2D eigenvalue weighted by Gasteiger charge is 2.41. The van der Waals surface area contributed by atoms with Gasteiger partial charge in [-0.05, 0) is 39.9 Å². The van der Waals surface area contributed by atoms with Crippen molar-refractivity contribution in [1.29, 1.82) is 0 Å². The van der Waals surface area contributed by atoms with Crippen LogP contribution in [-0.4, -0.2) is 10.9 Å². The van der Waals surface area contributed by atoms with Gasteiger partial charge in [0.25, 0.3) is 0 Å². The molecule has 128 valence electrons. The van der Waals surface area contributed by atoms with E-state index in [1.54, 1.807) is 12.1 Å². The second-order valence-corrected chi connectivity index (χ2v) is 6.79. The van der Waals surface area contributed by atoms with Crippen molar-refractivity contribution in [2.24, 2.45) is 0 Å². The van der Waals surface area contributed by atoms with E-state index in [-0.39, 0.29) is 23.8 Å². The van der Waals surface area contributed by atoms with Crippen LogP contribution in [0.1, 0.15) is 35.2 Å². The van der Waals surface area contributed by atoms with E-state index in [4.69, 9.17) is 0 Å². The maximum Gasteiger partial charge on any atom is 0.236 e. The molecule has 0 bridgehead atoms. The zero-order chi connectivity index (χ0) is 17.7. The summed E-state index contributed by atoms with van der Waals surface area (Å²) in [5, 5.41) is 2.03. The molecular formula is C22H17FN2O. The monoisotopic (exact) mass is 344 g/mol. The van der Waals surface area contributed by atoms with Crippen LogP contribution in [0, 0.1) is 5.82 Å². The Morgan fingerprint density at radius 1 is 0.846 bits per heavy atom. The standard InChI is InChI=1S/C22H17FN2O/c23-15-11-9-14(10-12-15)20-13-21(26)24-25(20)22-18-7-3-1-5-16(18)17-6-2-4-8-19(17)22/h1-12,20,22H,13H2,(H,24,26)/t20-/m0/s1. The van der Waals surface area contributed by atoms with Crippen molar-refractivity contribution < 1.29 is 9.18 Å². The molecule has 1 fully saturated rings. The van der Waals surface area contributed by atoms with Crippen LogP contribution in [0.4, 0.5) is 4.39 Å². The number of nitrogens with zero attached hydrogens (tertiary/aromatic N) is 1. The summed E-state index contributed by atoms with van der Waals surface area (Å²) in [7, 11) is 0. The largest absolute Gasteiger partial charge is 0.287 e. The van der Waals surface area contributed by atoms with Crippen molar-refractivity contribution in [3.05, 3.63) is 95.3 Å². The summed E-state index contributed by atoms with van der Waals surface area (Å²) in [6.07, 6.45) is 0.368. The number of hydrazine groups is 1. The predicted octanol–water partition coefficient (Wildman–Crippen LogP) is 4.37. The summed E-state index contributed by atoms with van der Waals surface area (Å²) in [5.74, 6) is -0.282. The third kappa shape index (κ3) is 2.26. The number of halogens is 1. The average Bonchev–Trinajstić information content (AvgIpc) is 3.20. The molecule has 1 saturated heterocycles. The van der Waals surface area contributed by atoms with Crippen molar-refractivity contribution in [2.45, 2.75) is 18.5 Å². The van der Waals surface area contributed by atoms with Gasteiger partial charge in [0.15, 0.2) is 0 Å². The van der Waals surface area contributed by atoms with E-state index in [2.05, 4.69) is 29.7 Å². The summed E-state index contributed by atoms with van der Waals surface area (Å²) < 4.78 is 13.3. The van der Waals surface area contributed by atoms with Crippen molar-refractivity contribution in [1.82, 2.24) is 10.4 Å². The highest BCUT2D eigenvalue weighted by atomic mass is 19.1. The Hall–Kier alpha value is -2.98. The van der Waals surface area contributed by atoms with Crippen molar-refractivity contribution in [3.63, 3.8) is 0 Å². The highest BCUT2D eigenvalue weighted by molar-refractivity contribution is 5.81. The normalized spacial score (nSPS) is 19.3. The molecule has 3 aromatic rings. The summed E-state index contributed by atoms with van der Waals surface area (Å²) in [5.41, 5.74) is 8.75. The molecular weight excluding hydrogens is 327 g/mol. The van der Waals surface area contributed by atoms with Gasteiger partial charge < -0.3 is 0 Å². The second-order valence-electron chi connectivity index (χ2n) is 6.79. The van der Waals surface area contributed by atoms with Crippen molar-refractivity contribution in [2.75, 3.05) is 0 Å². The van der Waals surface area contributed by atoms with Gasteiger partial charge in [-0.2, -0.15) is 0 Å². The van der Waals surface area contributed by atoms with E-state index in [1.165, 1.54) is 34.4 Å². The van der Waals surface area contributed by atoms with Gasteiger partial charge in [0.05, 0.1) is 12.1 Å². The van der Waals surface area contributed by atoms with Crippen LogP contribution in [0.5, 0.6) is 0 Å². The number of amides is 1. The molecule has 1 N–H and O–H groups in total. The Morgan fingerprint density at radius 2 is 1.42 bits per heavy atom. The molecule has 4 heteroatoms. The SMILES string of the molecule is O=C1C[C@@H](c2ccc(F)cc2)N(C2c3ccccc3-c3ccccc32)N1. The first-order valence-corrected chi connectivity index (χ1v) is 8.74. The lowest BCUT2D eigenvalue weighted by molar-refractivity contribution is -0.121. The molecule has 0 aromatic heterocycles. The van der Waals surface area contributed by atoms with E-state index in [0.29, 0.717) is 6.42 Å². The molecule has 1 atom stereocenters. The van der Waals surface area contributed by atoms with E-state index in [9.17, 15) is 9.18 Å². The smallest absolute Gasteiger partial charge is 0.236 e. The zero-order valence-electron chi connectivity index (χ0n) is 14.0. The van der Waals surface area contributed by atoms with E-state index >= 15 is 0 Å². The molecule has 1 amide bonds. The Labute approximate surface area is 151 Å². The lowest BCUT2D eigenvalue weighted by atomic mass is 9.99. The van der Waals surface area contributed by atoms with Gasteiger partial charge in [-0.3, -0.25) is 10.2 Å². The van der Waals surface area contributed by atoms with Gasteiger partial charge in [-0.25, -0.2) is 9.40 Å². The Kier molecular flexibility index (Phi) is 3.40. The van der Waals surface area contributed by atoms with Crippen LogP contribution < -0.4 is 5.43 Å². The molecule has 0 spiro atoms. The molecule has 0 saturated carbocycles. The average molecular weight is 344 g/mol. The number of carbonyl (C=O) groups excluding carboxylic acids is 1. The molecule has 1 aliphatic heterocycles. The van der Waals surface area contributed by atoms with Crippen LogP contribution in [-0.2, 0) is 4.79 Å². The predicted molar refractivity (Wildman–Crippen MR) is 97.5 cm³/mol. The third-order valence-corrected chi connectivity index (χ3v) is 5.30. The van der Waals surface area contributed by atoms with Gasteiger partial charge in [0.2, 0.25) is 5.91 Å². The quantitative estimate of drug-likeness (QED) is 0.748. The van der Waals surface area contributed by atoms with Gasteiger partial charge in [0.1, 0.15) is 5.82 Å². The lowest BCUT2D eigenvalue weighted by Crippen LogP contribution is -2.38. The van der Waals surface area contributed by atoms with Gasteiger partial charge >= 0.3 is 0 Å². The van der Waals surface area contributed by atoms with Crippen LogP contribution in [0.3, 0.4) is 0 Å². The molecule has 2 aliphatic rings. The van der Waals surface area contributed by atoms with Crippen molar-refractivity contribution >= 4 is 5.91 Å². The summed E-state index contributed by atoms with van der Waals surface area (Å²) in [6.45, 7) is 0. The Bertz CT molecular complexity index is 954. The first-order chi connectivity index (χ1) is 12.7. The fraction of sp³-hybridized carbons (Fsp3) is 0.136. The minimum atomic E-state index is -0.269. The topological polar surface area (TPSA) is 32.3 Å². The Morgan fingerprint density at radius 3 is 2.04 bits per heavy atom. The fourth-order valence-corrected chi connectivity index (χ4v) is 4.18. The Balaban J connectivity index is 1.64. The summed E-state index contributed by atoms with van der Waals surface area (Å²) in [6, 6.07) is 22.9. The maximum absolute atomic E-state index is 13.3. The van der Waals surface area contributed by atoms with Crippen LogP contribution in [0.2, 0.25) is 0 Å². The van der Waals surface area contributed by atoms with E-state index in [1.807, 2.05) is 29.3 Å². The second kappa shape index (κ2) is 5.78. The first-order valence-electron chi connectivity index (χ1n) is 8.74. The number of hydrogen-bond acceptors (Lipinski definition) is 2. The molecule has 1 aliphatic carbocycles.